The molecule has 1 aromatic heterocycles. The molecule has 0 N–H and O–H groups in total. The monoisotopic (exact) mass is 214 g/mol. The summed E-state index contributed by atoms with van der Waals surface area (Å²) in [5.41, 5.74) is 2.89. The average Bonchev–Trinajstić information content (AvgIpc) is 2.77. The van der Waals surface area contributed by atoms with Gasteiger partial charge >= 0.3 is 0 Å². The zero-order valence-corrected chi connectivity index (χ0v) is 9.47. The molecule has 0 atom stereocenters. The van der Waals surface area contributed by atoms with Crippen molar-refractivity contribution in [2.45, 2.75) is 20.3 Å². The lowest BCUT2D eigenvalue weighted by Crippen LogP contribution is -2.01. The number of carbonyl (C=O) groups excluding carboxylic acids is 1. The largest absolute Gasteiger partial charge is 0.295 e. The first-order chi connectivity index (χ1) is 7.72. The lowest BCUT2D eigenvalue weighted by atomic mass is 10.1. The number of nitrogens with zero attached hydrogens (tertiary/aromatic N) is 2. The molecule has 0 fully saturated rings. The first kappa shape index (κ1) is 10.6. The molecule has 16 heavy (non-hydrogen) atoms. The molecule has 0 aliphatic heterocycles. The van der Waals surface area contributed by atoms with Crippen molar-refractivity contribution in [1.82, 2.24) is 9.78 Å². The van der Waals surface area contributed by atoms with Gasteiger partial charge in [0.15, 0.2) is 5.78 Å². The zero-order valence-electron chi connectivity index (χ0n) is 9.47. The van der Waals surface area contributed by atoms with Crippen molar-refractivity contribution in [2.75, 3.05) is 0 Å². The molecule has 82 valence electrons. The maximum absolute atomic E-state index is 11.1. The quantitative estimate of drug-likeness (QED) is 0.736. The van der Waals surface area contributed by atoms with Crippen molar-refractivity contribution in [1.29, 1.82) is 0 Å². The number of hydrogen-bond acceptors (Lipinski definition) is 2. The van der Waals surface area contributed by atoms with Crippen LogP contribution in [0.5, 0.6) is 0 Å². The molecule has 0 radical (unpaired) electrons. The highest BCUT2D eigenvalue weighted by Gasteiger charge is 2.04. The highest BCUT2D eigenvalue weighted by molar-refractivity contribution is 5.94. The molecule has 0 bridgehead atoms. The number of carbonyl (C=O) groups is 1. The predicted molar refractivity (Wildman–Crippen MR) is 62.9 cm³/mol. The zero-order chi connectivity index (χ0) is 11.5. The summed E-state index contributed by atoms with van der Waals surface area (Å²) in [6.07, 6.45) is 2.73. The Morgan fingerprint density at radius 2 is 1.94 bits per heavy atom. The van der Waals surface area contributed by atoms with Crippen LogP contribution in [0.15, 0.2) is 36.5 Å². The summed E-state index contributed by atoms with van der Waals surface area (Å²) in [5.74, 6) is 0.0859. The van der Waals surface area contributed by atoms with Crippen LogP contribution in [0.4, 0.5) is 0 Å². The van der Waals surface area contributed by atoms with Crippen molar-refractivity contribution < 1.29 is 4.79 Å². The summed E-state index contributed by atoms with van der Waals surface area (Å²) >= 11 is 0. The van der Waals surface area contributed by atoms with E-state index in [1.54, 1.807) is 13.1 Å². The van der Waals surface area contributed by atoms with Gasteiger partial charge in [0.25, 0.3) is 0 Å². The van der Waals surface area contributed by atoms with Gasteiger partial charge in [0.05, 0.1) is 5.69 Å². The van der Waals surface area contributed by atoms with Crippen LogP contribution in [0.25, 0.3) is 5.69 Å². The van der Waals surface area contributed by atoms with Gasteiger partial charge in [-0.2, -0.15) is 5.10 Å². The molecule has 0 unspecified atom stereocenters. The van der Waals surface area contributed by atoms with E-state index in [2.05, 4.69) is 12.0 Å². The van der Waals surface area contributed by atoms with Crippen LogP contribution >= 0.6 is 0 Å². The molecule has 0 spiro atoms. The lowest BCUT2D eigenvalue weighted by molar-refractivity contribution is 0.101. The highest BCUT2D eigenvalue weighted by Crippen LogP contribution is 2.12. The van der Waals surface area contributed by atoms with E-state index >= 15 is 0 Å². The molecule has 0 aliphatic rings. The highest BCUT2D eigenvalue weighted by atomic mass is 16.1. The predicted octanol–water partition coefficient (Wildman–Crippen LogP) is 2.64. The number of ketones is 1. The van der Waals surface area contributed by atoms with Gasteiger partial charge in [-0.3, -0.25) is 4.79 Å². The fraction of sp³-hybridized carbons (Fsp3) is 0.231. The fourth-order valence-electron chi connectivity index (χ4n) is 1.67. The van der Waals surface area contributed by atoms with Gasteiger partial charge in [-0.25, -0.2) is 4.68 Å². The standard InChI is InChI=1S/C13H14N2O/c1-3-12-8-9-14-15(12)13-6-4-11(5-7-13)10(2)16/h4-9H,3H2,1-2H3. The maximum Gasteiger partial charge on any atom is 0.159 e. The van der Waals surface area contributed by atoms with E-state index in [1.807, 2.05) is 35.0 Å². The normalized spacial score (nSPS) is 10.4. The Morgan fingerprint density at radius 3 is 2.50 bits per heavy atom. The van der Waals surface area contributed by atoms with Crippen molar-refractivity contribution in [3.8, 4) is 5.69 Å². The van der Waals surface area contributed by atoms with Crippen molar-refractivity contribution in [3.05, 3.63) is 47.8 Å². The molecule has 1 aromatic carbocycles. The van der Waals surface area contributed by atoms with E-state index in [1.165, 1.54) is 0 Å². The van der Waals surface area contributed by atoms with Gasteiger partial charge in [-0.15, -0.1) is 0 Å². The molecule has 3 heteroatoms. The SMILES string of the molecule is CCc1ccnn1-c1ccc(C(C)=O)cc1. The van der Waals surface area contributed by atoms with Crippen LogP contribution in [-0.2, 0) is 6.42 Å². The van der Waals surface area contributed by atoms with Crippen molar-refractivity contribution >= 4 is 5.78 Å². The van der Waals surface area contributed by atoms with E-state index in [4.69, 9.17) is 0 Å². The Hall–Kier alpha value is -1.90. The Balaban J connectivity index is 2.38. The van der Waals surface area contributed by atoms with Gasteiger partial charge in [0.2, 0.25) is 0 Å². The third-order valence-corrected chi connectivity index (χ3v) is 2.60. The Kier molecular flexibility index (Phi) is 2.86. The topological polar surface area (TPSA) is 34.9 Å². The van der Waals surface area contributed by atoms with Gasteiger partial charge in [0.1, 0.15) is 0 Å². The van der Waals surface area contributed by atoms with Crippen LogP contribution < -0.4 is 0 Å². The van der Waals surface area contributed by atoms with Crippen LogP contribution in [0.2, 0.25) is 0 Å². The van der Waals surface area contributed by atoms with Gasteiger partial charge in [-0.1, -0.05) is 6.92 Å². The van der Waals surface area contributed by atoms with Crippen LogP contribution in [0.3, 0.4) is 0 Å². The number of rotatable bonds is 3. The van der Waals surface area contributed by atoms with E-state index < -0.39 is 0 Å². The fourth-order valence-corrected chi connectivity index (χ4v) is 1.67. The summed E-state index contributed by atoms with van der Waals surface area (Å²) in [6, 6.07) is 9.50. The second kappa shape index (κ2) is 4.31. The van der Waals surface area contributed by atoms with E-state index in [9.17, 15) is 4.79 Å². The van der Waals surface area contributed by atoms with Crippen LogP contribution in [0, 0.1) is 0 Å². The Labute approximate surface area is 94.7 Å². The molecule has 0 saturated heterocycles. The molecule has 0 aliphatic carbocycles. The number of benzene rings is 1. The summed E-state index contributed by atoms with van der Waals surface area (Å²) in [4.78, 5) is 11.1. The molecule has 2 rings (SSSR count). The summed E-state index contributed by atoms with van der Waals surface area (Å²) in [6.45, 7) is 3.66. The second-order valence-electron chi connectivity index (χ2n) is 3.69. The minimum Gasteiger partial charge on any atom is -0.295 e. The molecule has 0 amide bonds. The second-order valence-corrected chi connectivity index (χ2v) is 3.69. The molecule has 2 aromatic rings. The van der Waals surface area contributed by atoms with Crippen molar-refractivity contribution in [3.63, 3.8) is 0 Å². The minimum atomic E-state index is 0.0859. The van der Waals surface area contributed by atoms with E-state index in [-0.39, 0.29) is 5.78 Å². The summed E-state index contributed by atoms with van der Waals surface area (Å²) in [5, 5.41) is 4.26. The molecule has 0 saturated carbocycles. The van der Waals surface area contributed by atoms with Gasteiger partial charge in [-0.05, 0) is 43.7 Å². The average molecular weight is 214 g/mol. The summed E-state index contributed by atoms with van der Waals surface area (Å²) in [7, 11) is 0. The van der Waals surface area contributed by atoms with Crippen LogP contribution in [-0.4, -0.2) is 15.6 Å². The number of Topliss-reactive ketones (excluding diaryl/α,β-unsaturated/α-hetero) is 1. The van der Waals surface area contributed by atoms with Gasteiger partial charge < -0.3 is 0 Å². The third-order valence-electron chi connectivity index (χ3n) is 2.60. The van der Waals surface area contributed by atoms with Gasteiger partial charge in [0, 0.05) is 17.5 Å². The molecular formula is C13H14N2O. The van der Waals surface area contributed by atoms with Crippen LogP contribution in [0.1, 0.15) is 29.9 Å². The number of aromatic nitrogens is 2. The molecule has 3 nitrogen and oxygen atoms in total. The third kappa shape index (κ3) is 1.89. The number of aryl methyl sites for hydroxylation is 1. The Bertz CT molecular complexity index is 497. The first-order valence-corrected chi connectivity index (χ1v) is 5.36. The smallest absolute Gasteiger partial charge is 0.159 e. The Morgan fingerprint density at radius 1 is 1.25 bits per heavy atom. The minimum absolute atomic E-state index is 0.0859. The lowest BCUT2D eigenvalue weighted by Gasteiger charge is -2.06. The molecular weight excluding hydrogens is 200 g/mol. The van der Waals surface area contributed by atoms with E-state index in [0.717, 1.165) is 23.4 Å². The maximum atomic E-state index is 11.1. The number of hydrogen-bond donors (Lipinski definition) is 0. The first-order valence-electron chi connectivity index (χ1n) is 5.36. The summed E-state index contributed by atoms with van der Waals surface area (Å²) < 4.78 is 1.89. The molecule has 1 heterocycles. The van der Waals surface area contributed by atoms with Crippen molar-refractivity contribution in [2.24, 2.45) is 0 Å². The van der Waals surface area contributed by atoms with E-state index in [0.29, 0.717) is 0 Å².